The van der Waals surface area contributed by atoms with Gasteiger partial charge in [-0.15, -0.1) is 0 Å². The molecule has 2 atom stereocenters. The number of hydrogen-bond acceptors (Lipinski definition) is 3. The van der Waals surface area contributed by atoms with Gasteiger partial charge >= 0.3 is 0 Å². The number of piperidine rings is 1. The summed E-state index contributed by atoms with van der Waals surface area (Å²) in [4.78, 5) is 2.38. The highest BCUT2D eigenvalue weighted by Crippen LogP contribution is 2.22. The number of likely N-dealkylation sites (tertiary alicyclic amines) is 1. The third-order valence-corrected chi connectivity index (χ3v) is 3.46. The van der Waals surface area contributed by atoms with E-state index in [0.29, 0.717) is 6.04 Å². The molecule has 90 valence electrons. The predicted octanol–water partition coefficient (Wildman–Crippen LogP) is 1.54. The predicted molar refractivity (Wildman–Crippen MR) is 62.9 cm³/mol. The number of nitrogens with zero attached hydrogens (tertiary/aromatic N) is 2. The van der Waals surface area contributed by atoms with E-state index in [9.17, 15) is 5.11 Å². The molecule has 0 aromatic carbocycles. The molecule has 0 amide bonds. The van der Waals surface area contributed by atoms with E-state index in [-0.39, 0.29) is 6.10 Å². The fourth-order valence-corrected chi connectivity index (χ4v) is 2.51. The van der Waals surface area contributed by atoms with Crippen molar-refractivity contribution in [1.82, 2.24) is 15.1 Å². The smallest absolute Gasteiger partial charge is 0.0692 e. The van der Waals surface area contributed by atoms with Gasteiger partial charge in [0.05, 0.1) is 6.10 Å². The lowest BCUT2D eigenvalue weighted by Gasteiger charge is -2.37. The van der Waals surface area contributed by atoms with E-state index in [1.165, 1.54) is 12.8 Å². The Morgan fingerprint density at radius 1 is 1.62 bits per heavy atom. The van der Waals surface area contributed by atoms with E-state index in [1.54, 1.807) is 6.20 Å². The largest absolute Gasteiger partial charge is 0.392 e. The maximum absolute atomic E-state index is 10.0. The van der Waals surface area contributed by atoms with E-state index in [2.05, 4.69) is 15.1 Å². The Bertz CT molecular complexity index is 299. The first-order valence-corrected chi connectivity index (χ1v) is 6.21. The molecule has 2 rings (SSSR count). The summed E-state index contributed by atoms with van der Waals surface area (Å²) in [6.07, 6.45) is 6.02. The number of rotatable bonds is 4. The molecule has 1 aromatic rings. The van der Waals surface area contributed by atoms with E-state index in [0.717, 1.165) is 31.6 Å². The molecule has 0 bridgehead atoms. The first kappa shape index (κ1) is 11.6. The molecule has 0 aliphatic carbocycles. The second-order valence-corrected chi connectivity index (χ2v) is 4.59. The molecule has 1 aliphatic rings. The SMILES string of the molecule is CCC(O)C1CCCCN1Cc1ccn[nH]1. The highest BCUT2D eigenvalue weighted by molar-refractivity contribution is 4.98. The summed E-state index contributed by atoms with van der Waals surface area (Å²) >= 11 is 0. The summed E-state index contributed by atoms with van der Waals surface area (Å²) in [6, 6.07) is 2.33. The van der Waals surface area contributed by atoms with Gasteiger partial charge in [0.15, 0.2) is 0 Å². The van der Waals surface area contributed by atoms with Crippen molar-refractivity contribution in [2.75, 3.05) is 6.54 Å². The quantitative estimate of drug-likeness (QED) is 0.814. The van der Waals surface area contributed by atoms with Crippen LogP contribution in [0.2, 0.25) is 0 Å². The van der Waals surface area contributed by atoms with Gasteiger partial charge in [-0.05, 0) is 31.9 Å². The molecular formula is C12H21N3O. The van der Waals surface area contributed by atoms with E-state index in [4.69, 9.17) is 0 Å². The lowest BCUT2D eigenvalue weighted by molar-refractivity contribution is 0.0189. The molecule has 4 heteroatoms. The first-order chi connectivity index (χ1) is 7.81. The number of hydrogen-bond donors (Lipinski definition) is 2. The molecule has 0 saturated carbocycles. The van der Waals surface area contributed by atoms with Crippen LogP contribution < -0.4 is 0 Å². The van der Waals surface area contributed by atoms with E-state index >= 15 is 0 Å². The van der Waals surface area contributed by atoms with Gasteiger partial charge in [0.25, 0.3) is 0 Å². The first-order valence-electron chi connectivity index (χ1n) is 6.21. The normalized spacial score (nSPS) is 24.5. The molecule has 4 nitrogen and oxygen atoms in total. The van der Waals surface area contributed by atoms with E-state index in [1.807, 2.05) is 13.0 Å². The third-order valence-electron chi connectivity index (χ3n) is 3.46. The van der Waals surface area contributed by atoms with Crippen LogP contribution in [0.25, 0.3) is 0 Å². The lowest BCUT2D eigenvalue weighted by atomic mass is 9.96. The van der Waals surface area contributed by atoms with Crippen LogP contribution in [-0.4, -0.2) is 38.9 Å². The Balaban J connectivity index is 1.99. The minimum Gasteiger partial charge on any atom is -0.392 e. The van der Waals surface area contributed by atoms with Crippen molar-refractivity contribution in [3.05, 3.63) is 18.0 Å². The van der Waals surface area contributed by atoms with Crippen molar-refractivity contribution in [2.45, 2.75) is 51.3 Å². The van der Waals surface area contributed by atoms with Crippen LogP contribution in [0, 0.1) is 0 Å². The molecule has 1 fully saturated rings. The van der Waals surface area contributed by atoms with Crippen LogP contribution in [0.3, 0.4) is 0 Å². The van der Waals surface area contributed by atoms with Crippen molar-refractivity contribution < 1.29 is 5.11 Å². The monoisotopic (exact) mass is 223 g/mol. The standard InChI is InChI=1S/C12H21N3O/c1-2-12(16)11-5-3-4-8-15(11)9-10-6-7-13-14-10/h6-7,11-12,16H,2-5,8-9H2,1H3,(H,13,14). The van der Waals surface area contributed by atoms with Crippen molar-refractivity contribution in [3.63, 3.8) is 0 Å². The highest BCUT2D eigenvalue weighted by atomic mass is 16.3. The average molecular weight is 223 g/mol. The fraction of sp³-hybridized carbons (Fsp3) is 0.750. The Morgan fingerprint density at radius 2 is 2.50 bits per heavy atom. The van der Waals surface area contributed by atoms with Crippen molar-refractivity contribution in [3.8, 4) is 0 Å². The van der Waals surface area contributed by atoms with Gasteiger partial charge in [0.1, 0.15) is 0 Å². The van der Waals surface area contributed by atoms with Gasteiger partial charge < -0.3 is 5.11 Å². The molecule has 1 saturated heterocycles. The molecule has 1 aliphatic heterocycles. The zero-order valence-corrected chi connectivity index (χ0v) is 9.89. The maximum Gasteiger partial charge on any atom is 0.0692 e. The van der Waals surface area contributed by atoms with Gasteiger partial charge in [-0.1, -0.05) is 13.3 Å². The van der Waals surface area contributed by atoms with Crippen LogP contribution in [0.4, 0.5) is 0 Å². The Morgan fingerprint density at radius 3 is 3.19 bits per heavy atom. The minimum atomic E-state index is -0.191. The molecule has 1 aromatic heterocycles. The van der Waals surface area contributed by atoms with Gasteiger partial charge in [-0.25, -0.2) is 0 Å². The zero-order valence-electron chi connectivity index (χ0n) is 9.89. The maximum atomic E-state index is 10.0. The molecule has 16 heavy (non-hydrogen) atoms. The van der Waals surface area contributed by atoms with Gasteiger partial charge in [-0.3, -0.25) is 10.00 Å². The second kappa shape index (κ2) is 5.46. The number of aliphatic hydroxyl groups is 1. The Labute approximate surface area is 96.7 Å². The van der Waals surface area contributed by atoms with Gasteiger partial charge in [-0.2, -0.15) is 5.10 Å². The number of aromatic amines is 1. The number of aromatic nitrogens is 2. The van der Waals surface area contributed by atoms with Gasteiger partial charge in [0.2, 0.25) is 0 Å². The minimum absolute atomic E-state index is 0.191. The fourth-order valence-electron chi connectivity index (χ4n) is 2.51. The number of aliphatic hydroxyl groups excluding tert-OH is 1. The topological polar surface area (TPSA) is 52.1 Å². The molecule has 2 heterocycles. The summed E-state index contributed by atoms with van der Waals surface area (Å²) in [5.41, 5.74) is 1.13. The van der Waals surface area contributed by atoms with Crippen molar-refractivity contribution >= 4 is 0 Å². The summed E-state index contributed by atoms with van der Waals surface area (Å²) < 4.78 is 0. The molecular weight excluding hydrogens is 202 g/mol. The average Bonchev–Trinajstić information content (AvgIpc) is 2.82. The lowest BCUT2D eigenvalue weighted by Crippen LogP contribution is -2.46. The molecule has 0 spiro atoms. The summed E-state index contributed by atoms with van der Waals surface area (Å²) in [6.45, 7) is 4.01. The van der Waals surface area contributed by atoms with Crippen LogP contribution in [0.5, 0.6) is 0 Å². The van der Waals surface area contributed by atoms with Gasteiger partial charge in [0, 0.05) is 24.5 Å². The Kier molecular flexibility index (Phi) is 3.96. The molecule has 0 radical (unpaired) electrons. The highest BCUT2D eigenvalue weighted by Gasteiger charge is 2.27. The van der Waals surface area contributed by atoms with Crippen LogP contribution in [0.15, 0.2) is 12.3 Å². The summed E-state index contributed by atoms with van der Waals surface area (Å²) in [5, 5.41) is 17.0. The third kappa shape index (κ3) is 2.62. The Hall–Kier alpha value is -0.870. The van der Waals surface area contributed by atoms with Crippen molar-refractivity contribution in [2.24, 2.45) is 0 Å². The number of H-pyrrole nitrogens is 1. The zero-order chi connectivity index (χ0) is 11.4. The van der Waals surface area contributed by atoms with Crippen LogP contribution in [0.1, 0.15) is 38.3 Å². The molecule has 2 N–H and O–H groups in total. The second-order valence-electron chi connectivity index (χ2n) is 4.59. The summed E-state index contributed by atoms with van der Waals surface area (Å²) in [5.74, 6) is 0. The van der Waals surface area contributed by atoms with Crippen LogP contribution in [-0.2, 0) is 6.54 Å². The van der Waals surface area contributed by atoms with Crippen LogP contribution >= 0.6 is 0 Å². The summed E-state index contributed by atoms with van der Waals surface area (Å²) in [7, 11) is 0. The van der Waals surface area contributed by atoms with Crippen molar-refractivity contribution in [1.29, 1.82) is 0 Å². The number of nitrogens with one attached hydrogen (secondary N) is 1. The molecule has 2 unspecified atom stereocenters. The van der Waals surface area contributed by atoms with E-state index < -0.39 is 0 Å².